The number of hydrogen-bond acceptors (Lipinski definition) is 13. The molecule has 0 bridgehead atoms. The van der Waals surface area contributed by atoms with Crippen LogP contribution in [0.2, 0.25) is 0 Å². The summed E-state index contributed by atoms with van der Waals surface area (Å²) >= 11 is 0. The number of fused-ring (bicyclic) bond motifs is 3. The van der Waals surface area contributed by atoms with Crippen molar-refractivity contribution in [3.05, 3.63) is 71.5 Å². The van der Waals surface area contributed by atoms with Gasteiger partial charge in [0.05, 0.1) is 12.7 Å². The fourth-order valence-electron chi connectivity index (χ4n) is 6.27. The van der Waals surface area contributed by atoms with Crippen molar-refractivity contribution >= 4 is 35.9 Å². The standard InChI is InChI=1S/C34H37N5O12/c1-18(40)35-30-32(50-21(4)43)31(49-20(3)42)28(17-47-19(2)41)51-33(30)39-14-22(36-37-39)13-38(15-29(44)45)34(46)48-16-27-25-11-7-5-9-23(25)24-10-6-8-12-26(24)27/h5-12,14,27-28,30-33H,13,15-17H2,1-4H3,(H,35,40)(H,44,45)/t28?,30?,31-,32?,33-/m1/s1. The molecule has 0 radical (unpaired) electrons. The number of rotatable bonds is 12. The molecule has 1 aliphatic carbocycles. The van der Waals surface area contributed by atoms with Gasteiger partial charge in [-0.25, -0.2) is 9.48 Å². The monoisotopic (exact) mass is 707 g/mol. The highest BCUT2D eigenvalue weighted by Crippen LogP contribution is 2.44. The van der Waals surface area contributed by atoms with E-state index in [1.807, 2.05) is 48.5 Å². The highest BCUT2D eigenvalue weighted by molar-refractivity contribution is 5.80. The van der Waals surface area contributed by atoms with E-state index in [0.717, 1.165) is 52.6 Å². The van der Waals surface area contributed by atoms with E-state index in [9.17, 15) is 33.9 Å². The molecule has 0 spiro atoms. The van der Waals surface area contributed by atoms with Crippen LogP contribution in [0.1, 0.15) is 56.7 Å². The molecule has 0 saturated carbocycles. The largest absolute Gasteiger partial charge is 0.480 e. The van der Waals surface area contributed by atoms with Gasteiger partial charge in [-0.3, -0.25) is 28.9 Å². The average molecular weight is 708 g/mol. The van der Waals surface area contributed by atoms with Gasteiger partial charge in [-0.1, -0.05) is 53.7 Å². The average Bonchev–Trinajstić information content (AvgIpc) is 3.66. The Hall–Kier alpha value is -5.84. The van der Waals surface area contributed by atoms with Crippen LogP contribution < -0.4 is 5.32 Å². The van der Waals surface area contributed by atoms with E-state index < -0.39 is 79.6 Å². The minimum absolute atomic E-state index is 0.0469. The normalized spacial score (nSPS) is 20.7. The number of carbonyl (C=O) groups is 6. The van der Waals surface area contributed by atoms with E-state index in [0.29, 0.717) is 0 Å². The van der Waals surface area contributed by atoms with Gasteiger partial charge in [0.1, 0.15) is 37.6 Å². The molecular formula is C34H37N5O12. The van der Waals surface area contributed by atoms with Crippen LogP contribution in [0.4, 0.5) is 4.79 Å². The lowest BCUT2D eigenvalue weighted by Crippen LogP contribution is -2.64. The lowest BCUT2D eigenvalue weighted by atomic mass is 9.95. The Labute approximate surface area is 291 Å². The zero-order chi connectivity index (χ0) is 36.8. The number of nitrogens with one attached hydrogen (secondary N) is 1. The van der Waals surface area contributed by atoms with Crippen LogP contribution >= 0.6 is 0 Å². The topological polar surface area (TPSA) is 215 Å². The van der Waals surface area contributed by atoms with Crippen molar-refractivity contribution in [2.75, 3.05) is 19.8 Å². The summed E-state index contributed by atoms with van der Waals surface area (Å²) in [6.45, 7) is 3.07. The Bertz CT molecular complexity index is 1770. The molecule has 5 atom stereocenters. The molecule has 1 aliphatic heterocycles. The van der Waals surface area contributed by atoms with Crippen LogP contribution in [-0.2, 0) is 54.2 Å². The number of carboxylic acids is 1. The van der Waals surface area contributed by atoms with E-state index in [2.05, 4.69) is 15.6 Å². The fourth-order valence-corrected chi connectivity index (χ4v) is 6.27. The second-order valence-corrected chi connectivity index (χ2v) is 12.0. The quantitative estimate of drug-likeness (QED) is 0.203. The van der Waals surface area contributed by atoms with Crippen molar-refractivity contribution in [2.24, 2.45) is 0 Å². The maximum Gasteiger partial charge on any atom is 0.410 e. The highest BCUT2D eigenvalue weighted by atomic mass is 16.6. The zero-order valence-corrected chi connectivity index (χ0v) is 28.2. The summed E-state index contributed by atoms with van der Waals surface area (Å²) in [6, 6.07) is 14.3. The Morgan fingerprint density at radius 3 is 2.02 bits per heavy atom. The van der Waals surface area contributed by atoms with Gasteiger partial charge >= 0.3 is 30.0 Å². The molecule has 2 aromatic carbocycles. The van der Waals surface area contributed by atoms with Gasteiger partial charge in [0.25, 0.3) is 0 Å². The van der Waals surface area contributed by atoms with E-state index >= 15 is 0 Å². The smallest absolute Gasteiger partial charge is 0.410 e. The van der Waals surface area contributed by atoms with Crippen LogP contribution in [0, 0.1) is 0 Å². The summed E-state index contributed by atoms with van der Waals surface area (Å²) in [5.74, 6) is -4.32. The van der Waals surface area contributed by atoms with E-state index in [-0.39, 0.29) is 24.8 Å². The molecule has 51 heavy (non-hydrogen) atoms. The summed E-state index contributed by atoms with van der Waals surface area (Å²) in [7, 11) is 0. The number of aromatic nitrogens is 3. The number of hydrogen-bond donors (Lipinski definition) is 2. The molecule has 3 unspecified atom stereocenters. The molecule has 17 heteroatoms. The minimum Gasteiger partial charge on any atom is -0.480 e. The summed E-state index contributed by atoms with van der Waals surface area (Å²) < 4.78 is 29.1. The van der Waals surface area contributed by atoms with Crippen molar-refractivity contribution in [3.63, 3.8) is 0 Å². The molecule has 270 valence electrons. The van der Waals surface area contributed by atoms with Gasteiger partial charge < -0.3 is 34.1 Å². The summed E-state index contributed by atoms with van der Waals surface area (Å²) in [4.78, 5) is 74.3. The third-order valence-corrected chi connectivity index (χ3v) is 8.18. The number of amides is 2. The molecule has 3 aromatic rings. The molecule has 2 heterocycles. The van der Waals surface area contributed by atoms with Crippen molar-refractivity contribution in [3.8, 4) is 11.1 Å². The van der Waals surface area contributed by atoms with Gasteiger partial charge in [0.15, 0.2) is 18.4 Å². The van der Waals surface area contributed by atoms with Crippen molar-refractivity contribution in [2.45, 2.75) is 70.7 Å². The van der Waals surface area contributed by atoms with Gasteiger partial charge in [-0.2, -0.15) is 0 Å². The van der Waals surface area contributed by atoms with Crippen LogP contribution in [-0.4, -0.2) is 105 Å². The van der Waals surface area contributed by atoms with Crippen molar-refractivity contribution in [1.82, 2.24) is 25.2 Å². The predicted molar refractivity (Wildman–Crippen MR) is 172 cm³/mol. The number of aliphatic carboxylic acids is 1. The molecular weight excluding hydrogens is 670 g/mol. The Kier molecular flexibility index (Phi) is 11.3. The first-order valence-electron chi connectivity index (χ1n) is 15.9. The Morgan fingerprint density at radius 2 is 1.45 bits per heavy atom. The minimum atomic E-state index is -1.34. The first-order chi connectivity index (χ1) is 24.3. The Balaban J connectivity index is 1.38. The number of carboxylic acid groups (broad SMARTS) is 1. The molecule has 2 aliphatic rings. The third kappa shape index (κ3) is 8.67. The van der Waals surface area contributed by atoms with Crippen LogP contribution in [0.25, 0.3) is 11.1 Å². The second-order valence-electron chi connectivity index (χ2n) is 12.0. The van der Waals surface area contributed by atoms with Crippen molar-refractivity contribution < 1.29 is 57.6 Å². The van der Waals surface area contributed by atoms with Gasteiger partial charge in [0, 0.05) is 33.6 Å². The second kappa shape index (κ2) is 15.8. The number of ether oxygens (including phenoxy) is 5. The first kappa shape index (κ1) is 36.4. The van der Waals surface area contributed by atoms with Crippen LogP contribution in [0.15, 0.2) is 54.7 Å². The molecule has 1 saturated heterocycles. The van der Waals surface area contributed by atoms with Crippen LogP contribution in [0.3, 0.4) is 0 Å². The van der Waals surface area contributed by atoms with Gasteiger partial charge in [-0.05, 0) is 22.3 Å². The van der Waals surface area contributed by atoms with Crippen LogP contribution in [0.5, 0.6) is 0 Å². The maximum absolute atomic E-state index is 13.4. The lowest BCUT2D eigenvalue weighted by Gasteiger charge is -2.45. The fraction of sp³-hybridized carbons (Fsp3) is 0.412. The maximum atomic E-state index is 13.4. The lowest BCUT2D eigenvalue weighted by molar-refractivity contribution is -0.239. The molecule has 2 N–H and O–H groups in total. The number of esters is 3. The Morgan fingerprint density at radius 1 is 0.843 bits per heavy atom. The third-order valence-electron chi connectivity index (χ3n) is 8.18. The van der Waals surface area contributed by atoms with E-state index in [1.165, 1.54) is 13.1 Å². The number of nitrogens with zero attached hydrogens (tertiary/aromatic N) is 4. The zero-order valence-electron chi connectivity index (χ0n) is 28.2. The summed E-state index contributed by atoms with van der Waals surface area (Å²) in [5.41, 5.74) is 4.13. The summed E-state index contributed by atoms with van der Waals surface area (Å²) in [6.07, 6.45) is -4.71. The summed E-state index contributed by atoms with van der Waals surface area (Å²) in [5, 5.41) is 20.4. The van der Waals surface area contributed by atoms with Gasteiger partial charge in [-0.15, -0.1) is 5.10 Å². The molecule has 1 aromatic heterocycles. The predicted octanol–water partition coefficient (Wildman–Crippen LogP) is 1.94. The molecule has 5 rings (SSSR count). The van der Waals surface area contributed by atoms with E-state index in [4.69, 9.17) is 23.7 Å². The highest BCUT2D eigenvalue weighted by Gasteiger charge is 2.52. The van der Waals surface area contributed by atoms with Crippen molar-refractivity contribution in [1.29, 1.82) is 0 Å². The number of benzene rings is 2. The molecule has 1 fully saturated rings. The number of carbonyl (C=O) groups excluding carboxylic acids is 5. The van der Waals surface area contributed by atoms with E-state index in [1.54, 1.807) is 0 Å². The van der Waals surface area contributed by atoms with Gasteiger partial charge in [0.2, 0.25) is 5.91 Å². The molecule has 17 nitrogen and oxygen atoms in total. The SMILES string of the molecule is CC(=O)NC1C(OC(C)=O)[C@H](OC(C)=O)C(COC(C)=O)O[C@H]1n1cc(CN(CC(=O)O)C(=O)OCC2c3ccccc3-c3ccccc32)nn1. The molecule has 2 amide bonds. The first-order valence-corrected chi connectivity index (χ1v) is 15.9.